The monoisotopic (exact) mass is 412 g/mol. The molecule has 1 aromatic carbocycles. The molecule has 2 atom stereocenters. The van der Waals surface area contributed by atoms with E-state index in [1.54, 1.807) is 6.07 Å². The van der Waals surface area contributed by atoms with Crippen LogP contribution in [0.1, 0.15) is 51.5 Å². The molecule has 1 aromatic rings. The number of aromatic hydroxyl groups is 1. The molecule has 0 spiro atoms. The summed E-state index contributed by atoms with van der Waals surface area (Å²) in [6, 6.07) is 4.17. The second-order valence-corrected chi connectivity index (χ2v) is 9.39. The van der Waals surface area contributed by atoms with E-state index in [0.29, 0.717) is 36.0 Å². The third kappa shape index (κ3) is 5.21. The molecule has 1 aliphatic heterocycles. The minimum absolute atomic E-state index is 0.106. The first-order valence-corrected chi connectivity index (χ1v) is 11.3. The zero-order chi connectivity index (χ0) is 20.9. The van der Waals surface area contributed by atoms with Crippen molar-refractivity contribution in [1.82, 2.24) is 0 Å². The van der Waals surface area contributed by atoms with Gasteiger partial charge in [0.1, 0.15) is 5.25 Å². The van der Waals surface area contributed by atoms with Crippen molar-refractivity contribution in [3.63, 3.8) is 0 Å². The Kier molecular flexibility index (Phi) is 7.80. The summed E-state index contributed by atoms with van der Waals surface area (Å²) in [4.78, 5) is 0. The number of hydrogen-bond donors (Lipinski definition) is 3. The van der Waals surface area contributed by atoms with E-state index in [4.69, 9.17) is 0 Å². The number of aliphatic hydroxyl groups excluding tert-OH is 2. The number of rotatable bonds is 9. The lowest BCUT2D eigenvalue weighted by Gasteiger charge is -2.19. The lowest BCUT2D eigenvalue weighted by Crippen LogP contribution is -2.29. The highest BCUT2D eigenvalue weighted by molar-refractivity contribution is 7.92. The molecule has 2 rings (SSSR count). The number of halogens is 1. The molecule has 28 heavy (non-hydrogen) atoms. The number of sulfone groups is 1. The van der Waals surface area contributed by atoms with Crippen LogP contribution in [0.5, 0.6) is 5.75 Å². The molecule has 0 aromatic heterocycles. The fourth-order valence-corrected chi connectivity index (χ4v) is 5.73. The van der Waals surface area contributed by atoms with Crippen molar-refractivity contribution in [2.75, 3.05) is 12.4 Å². The normalized spacial score (nSPS) is 20.6. The number of phenolic OH excluding ortho intramolecular Hbond substituents is 1. The summed E-state index contributed by atoms with van der Waals surface area (Å²) in [5.41, 5.74) is 2.76. The smallest absolute Gasteiger partial charge is 0.165 e. The molecule has 0 amide bonds. The molecule has 156 valence electrons. The van der Waals surface area contributed by atoms with Crippen LogP contribution in [0.4, 0.5) is 4.39 Å². The minimum atomic E-state index is -3.46. The Morgan fingerprint density at radius 2 is 2.04 bits per heavy atom. The summed E-state index contributed by atoms with van der Waals surface area (Å²) in [6.45, 7) is 3.34. The van der Waals surface area contributed by atoms with Gasteiger partial charge in [-0.25, -0.2) is 12.8 Å². The standard InChI is InChI=1S/C21H29FO5S/c1-3-5-14(10-15-7-8-18(24)17(22)11-15)6-9-19(25)21-16(4-2)13-28(26,27)20(21)12-23/h7-8,10-11,19-20,23-25H,3-6,9,12-13H2,1-2H3/b14-10+/t19-,20+/m1/s1. The van der Waals surface area contributed by atoms with E-state index < -0.39 is 39.4 Å². The van der Waals surface area contributed by atoms with Crippen molar-refractivity contribution in [1.29, 1.82) is 0 Å². The molecular formula is C21H29FO5S. The largest absolute Gasteiger partial charge is 0.505 e. The first kappa shape index (κ1) is 22.6. The maximum atomic E-state index is 13.6. The average molecular weight is 413 g/mol. The van der Waals surface area contributed by atoms with Crippen LogP contribution in [0.25, 0.3) is 6.08 Å². The van der Waals surface area contributed by atoms with Crippen molar-refractivity contribution < 1.29 is 28.1 Å². The van der Waals surface area contributed by atoms with Gasteiger partial charge in [-0.1, -0.05) is 43.6 Å². The van der Waals surface area contributed by atoms with Gasteiger partial charge >= 0.3 is 0 Å². The van der Waals surface area contributed by atoms with Gasteiger partial charge in [-0.3, -0.25) is 0 Å². The Balaban J connectivity index is 2.18. The van der Waals surface area contributed by atoms with Crippen LogP contribution in [0, 0.1) is 5.82 Å². The van der Waals surface area contributed by atoms with E-state index in [1.165, 1.54) is 12.1 Å². The van der Waals surface area contributed by atoms with Gasteiger partial charge in [-0.2, -0.15) is 0 Å². The van der Waals surface area contributed by atoms with Gasteiger partial charge in [-0.05, 0) is 49.0 Å². The molecule has 7 heteroatoms. The number of benzene rings is 1. The van der Waals surface area contributed by atoms with Crippen molar-refractivity contribution in [2.24, 2.45) is 0 Å². The number of aliphatic hydroxyl groups is 2. The van der Waals surface area contributed by atoms with E-state index >= 15 is 0 Å². The molecule has 0 aliphatic carbocycles. The molecule has 0 saturated carbocycles. The van der Waals surface area contributed by atoms with E-state index in [1.807, 2.05) is 19.9 Å². The predicted octanol–water partition coefficient (Wildman–Crippen LogP) is 3.35. The summed E-state index contributed by atoms with van der Waals surface area (Å²) in [7, 11) is -3.46. The molecular weight excluding hydrogens is 383 g/mol. The third-order valence-corrected chi connectivity index (χ3v) is 7.19. The van der Waals surface area contributed by atoms with Crippen molar-refractivity contribution >= 4 is 15.9 Å². The van der Waals surface area contributed by atoms with E-state index in [-0.39, 0.29) is 5.75 Å². The Labute approximate surface area is 166 Å². The summed E-state index contributed by atoms with van der Waals surface area (Å²) >= 11 is 0. The maximum Gasteiger partial charge on any atom is 0.165 e. The highest BCUT2D eigenvalue weighted by atomic mass is 32.2. The molecule has 0 bridgehead atoms. The van der Waals surface area contributed by atoms with E-state index in [0.717, 1.165) is 18.4 Å². The highest BCUT2D eigenvalue weighted by Gasteiger charge is 2.40. The third-order valence-electron chi connectivity index (χ3n) is 5.17. The SMILES string of the molecule is CCC/C(=C\c1ccc(O)c(F)c1)CC[C@@H](O)C1=C(CC)CS(=O)(=O)[C@H]1CO. The van der Waals surface area contributed by atoms with Crippen LogP contribution in [-0.2, 0) is 9.84 Å². The lowest BCUT2D eigenvalue weighted by molar-refractivity contribution is 0.188. The number of hydrogen-bond acceptors (Lipinski definition) is 5. The average Bonchev–Trinajstić information content (AvgIpc) is 2.92. The molecule has 5 nitrogen and oxygen atoms in total. The topological polar surface area (TPSA) is 94.8 Å². The van der Waals surface area contributed by atoms with Gasteiger partial charge in [0.2, 0.25) is 0 Å². The molecule has 0 unspecified atom stereocenters. The Hall–Kier alpha value is -1.70. The molecule has 1 aliphatic rings. The Bertz CT molecular complexity index is 858. The van der Waals surface area contributed by atoms with Crippen LogP contribution in [-0.4, -0.2) is 47.5 Å². The lowest BCUT2D eigenvalue weighted by atomic mass is 9.93. The fraction of sp³-hybridized carbons (Fsp3) is 0.524. The molecule has 0 fully saturated rings. The Morgan fingerprint density at radius 1 is 1.32 bits per heavy atom. The Morgan fingerprint density at radius 3 is 2.61 bits per heavy atom. The zero-order valence-corrected chi connectivity index (χ0v) is 17.2. The van der Waals surface area contributed by atoms with Crippen LogP contribution in [0.3, 0.4) is 0 Å². The zero-order valence-electron chi connectivity index (χ0n) is 16.4. The predicted molar refractivity (Wildman–Crippen MR) is 108 cm³/mol. The van der Waals surface area contributed by atoms with Gasteiger partial charge in [0.05, 0.1) is 18.5 Å². The number of allylic oxidation sites excluding steroid dienone is 1. The molecule has 0 radical (unpaired) electrons. The molecule has 1 heterocycles. The quantitative estimate of drug-likeness (QED) is 0.541. The van der Waals surface area contributed by atoms with Gasteiger partial charge in [-0.15, -0.1) is 0 Å². The van der Waals surface area contributed by atoms with E-state index in [9.17, 15) is 28.1 Å². The van der Waals surface area contributed by atoms with Crippen LogP contribution in [0.2, 0.25) is 0 Å². The van der Waals surface area contributed by atoms with E-state index in [2.05, 4.69) is 0 Å². The molecule has 0 saturated heterocycles. The van der Waals surface area contributed by atoms with Crippen molar-refractivity contribution in [3.8, 4) is 5.75 Å². The summed E-state index contributed by atoms with van der Waals surface area (Å²) in [6.07, 6.45) is 3.90. The summed E-state index contributed by atoms with van der Waals surface area (Å²) in [5, 5.41) is 28.5. The van der Waals surface area contributed by atoms with Crippen LogP contribution >= 0.6 is 0 Å². The van der Waals surface area contributed by atoms with Crippen molar-refractivity contribution in [3.05, 3.63) is 46.3 Å². The fourth-order valence-electron chi connectivity index (χ4n) is 3.73. The highest BCUT2D eigenvalue weighted by Crippen LogP contribution is 2.33. The summed E-state index contributed by atoms with van der Waals surface area (Å²) < 4.78 is 38.0. The maximum absolute atomic E-state index is 13.6. The summed E-state index contributed by atoms with van der Waals surface area (Å²) in [5.74, 6) is -1.20. The van der Waals surface area contributed by atoms with Crippen LogP contribution < -0.4 is 0 Å². The second-order valence-electron chi connectivity index (χ2n) is 7.21. The number of phenols is 1. The van der Waals surface area contributed by atoms with Gasteiger partial charge in [0, 0.05) is 0 Å². The first-order chi connectivity index (χ1) is 13.2. The van der Waals surface area contributed by atoms with Gasteiger partial charge < -0.3 is 15.3 Å². The first-order valence-electron chi connectivity index (χ1n) is 9.63. The minimum Gasteiger partial charge on any atom is -0.505 e. The second kappa shape index (κ2) is 9.67. The van der Waals surface area contributed by atoms with Crippen LogP contribution in [0.15, 0.2) is 34.9 Å². The van der Waals surface area contributed by atoms with Gasteiger partial charge in [0.25, 0.3) is 0 Å². The van der Waals surface area contributed by atoms with Crippen molar-refractivity contribution in [2.45, 2.75) is 57.3 Å². The van der Waals surface area contributed by atoms with Gasteiger partial charge in [0.15, 0.2) is 21.4 Å². The molecule has 3 N–H and O–H groups in total.